The van der Waals surface area contributed by atoms with Crippen molar-refractivity contribution < 1.29 is 4.57 Å². The number of rotatable bonds is 3. The molecule has 0 radical (unpaired) electrons. The second-order valence-corrected chi connectivity index (χ2v) is 7.17. The van der Waals surface area contributed by atoms with Gasteiger partial charge in [0.25, 0.3) is 0 Å². The normalized spacial score (nSPS) is 13.4. The molecule has 0 fully saturated rings. The average Bonchev–Trinajstić information content (AvgIpc) is 2.77. The van der Waals surface area contributed by atoms with Crippen LogP contribution >= 0.6 is 0 Å². The molecule has 0 aliphatic carbocycles. The molecule has 0 spiro atoms. The first-order valence-electron chi connectivity index (χ1n) is 9.87. The highest BCUT2D eigenvalue weighted by Crippen LogP contribution is 2.38. The molecule has 2 heteroatoms. The van der Waals surface area contributed by atoms with Crippen LogP contribution in [0.2, 0.25) is 0 Å². The number of benzene rings is 3. The quantitative estimate of drug-likeness (QED) is 0.464. The van der Waals surface area contributed by atoms with Gasteiger partial charge < -0.3 is 5.32 Å². The van der Waals surface area contributed by atoms with Crippen molar-refractivity contribution in [1.29, 1.82) is 0 Å². The molecule has 0 bridgehead atoms. The number of nitrogens with zero attached hydrogens (tertiary/aromatic N) is 1. The maximum absolute atomic E-state index is 3.70. The highest BCUT2D eigenvalue weighted by atomic mass is 15.1. The molecular formula is C26H23N2+. The van der Waals surface area contributed by atoms with Crippen LogP contribution in [0, 0.1) is 0 Å². The third-order valence-corrected chi connectivity index (χ3v) is 5.58. The highest BCUT2D eigenvalue weighted by Gasteiger charge is 2.25. The van der Waals surface area contributed by atoms with Crippen LogP contribution in [0.15, 0.2) is 91.1 Å². The molecular weight excluding hydrogens is 340 g/mol. The maximum Gasteiger partial charge on any atom is 0.237 e. The molecule has 0 saturated carbocycles. The van der Waals surface area contributed by atoms with Crippen molar-refractivity contribution in [2.24, 2.45) is 0 Å². The fraction of sp³-hybridized carbons (Fsp3) is 0.115. The molecule has 136 valence electrons. The van der Waals surface area contributed by atoms with Gasteiger partial charge in [0.15, 0.2) is 12.7 Å². The zero-order valence-electron chi connectivity index (χ0n) is 16.0. The largest absolute Gasteiger partial charge is 0.373 e. The summed E-state index contributed by atoms with van der Waals surface area (Å²) in [5, 5.41) is 4.99. The van der Waals surface area contributed by atoms with Gasteiger partial charge in [-0.3, -0.25) is 0 Å². The smallest absolute Gasteiger partial charge is 0.237 e. The lowest BCUT2D eigenvalue weighted by Crippen LogP contribution is -2.41. The van der Waals surface area contributed by atoms with E-state index in [4.69, 9.17) is 0 Å². The zero-order valence-corrected chi connectivity index (χ0v) is 16.0. The van der Waals surface area contributed by atoms with Gasteiger partial charge in [-0.05, 0) is 29.7 Å². The van der Waals surface area contributed by atoms with Crippen LogP contribution < -0.4 is 9.88 Å². The van der Waals surface area contributed by atoms with Gasteiger partial charge in [-0.2, -0.15) is 4.57 Å². The second-order valence-electron chi connectivity index (χ2n) is 7.17. The predicted molar refractivity (Wildman–Crippen MR) is 117 cm³/mol. The number of hydrogen-bond acceptors (Lipinski definition) is 1. The van der Waals surface area contributed by atoms with E-state index in [1.54, 1.807) is 0 Å². The number of aromatic nitrogens is 1. The first-order valence-corrected chi connectivity index (χ1v) is 9.87. The lowest BCUT2D eigenvalue weighted by Gasteiger charge is -2.20. The van der Waals surface area contributed by atoms with Gasteiger partial charge in [-0.25, -0.2) is 0 Å². The van der Waals surface area contributed by atoms with E-state index >= 15 is 0 Å². The molecule has 3 aromatic carbocycles. The van der Waals surface area contributed by atoms with Crippen LogP contribution in [0.3, 0.4) is 0 Å². The lowest BCUT2D eigenvalue weighted by molar-refractivity contribution is -0.669. The van der Waals surface area contributed by atoms with E-state index in [2.05, 4.69) is 108 Å². The minimum atomic E-state index is 0.945. The third kappa shape index (κ3) is 2.69. The summed E-state index contributed by atoms with van der Waals surface area (Å²) < 4.78 is 2.38. The number of pyridine rings is 1. The molecule has 1 aromatic heterocycles. The molecule has 2 heterocycles. The Morgan fingerprint density at radius 3 is 2.39 bits per heavy atom. The van der Waals surface area contributed by atoms with E-state index in [0.717, 1.165) is 13.1 Å². The van der Waals surface area contributed by atoms with Gasteiger partial charge in [0.2, 0.25) is 5.52 Å². The minimum absolute atomic E-state index is 0.945. The molecule has 28 heavy (non-hydrogen) atoms. The summed E-state index contributed by atoms with van der Waals surface area (Å²) in [5.74, 6) is 0. The van der Waals surface area contributed by atoms with Crippen LogP contribution in [0.1, 0.15) is 18.1 Å². The Hall–Kier alpha value is -3.39. The van der Waals surface area contributed by atoms with E-state index in [0.29, 0.717) is 0 Å². The lowest BCUT2D eigenvalue weighted by atomic mass is 9.92. The van der Waals surface area contributed by atoms with E-state index in [-0.39, 0.29) is 0 Å². The second kappa shape index (κ2) is 6.97. The summed E-state index contributed by atoms with van der Waals surface area (Å²) in [7, 11) is 0. The Balaban J connectivity index is 1.78. The van der Waals surface area contributed by atoms with Crippen LogP contribution in [-0.2, 0) is 6.54 Å². The average molecular weight is 363 g/mol. The predicted octanol–water partition coefficient (Wildman–Crippen LogP) is 5.67. The fourth-order valence-corrected chi connectivity index (χ4v) is 4.29. The van der Waals surface area contributed by atoms with Crippen molar-refractivity contribution in [2.75, 3.05) is 11.9 Å². The van der Waals surface area contributed by atoms with E-state index in [1.165, 1.54) is 44.4 Å². The fourth-order valence-electron chi connectivity index (χ4n) is 4.29. The highest BCUT2D eigenvalue weighted by molar-refractivity contribution is 6.03. The van der Waals surface area contributed by atoms with Crippen LogP contribution in [0.4, 0.5) is 5.69 Å². The van der Waals surface area contributed by atoms with Gasteiger partial charge in [0, 0.05) is 17.2 Å². The zero-order chi connectivity index (χ0) is 18.9. The van der Waals surface area contributed by atoms with E-state index < -0.39 is 0 Å². The molecule has 5 rings (SSSR count). The summed E-state index contributed by atoms with van der Waals surface area (Å²) in [4.78, 5) is 0. The molecule has 0 unspecified atom stereocenters. The Labute approximate surface area is 165 Å². The minimum Gasteiger partial charge on any atom is -0.373 e. The Morgan fingerprint density at radius 1 is 0.893 bits per heavy atom. The number of anilines is 1. The van der Waals surface area contributed by atoms with Crippen LogP contribution in [-0.4, -0.2) is 6.54 Å². The van der Waals surface area contributed by atoms with Crippen LogP contribution in [0.5, 0.6) is 0 Å². The molecule has 1 aliphatic heterocycles. The maximum atomic E-state index is 3.70. The van der Waals surface area contributed by atoms with Crippen LogP contribution in [0.25, 0.3) is 27.6 Å². The van der Waals surface area contributed by atoms with Crippen molar-refractivity contribution >= 4 is 22.2 Å². The SMILES string of the molecule is C/C=C(/c1ccccc1)c1ccc2c(-c3ccccc3)cc[n+]3c2c1NCC3. The summed E-state index contributed by atoms with van der Waals surface area (Å²) in [5.41, 5.74) is 8.85. The van der Waals surface area contributed by atoms with E-state index in [9.17, 15) is 0 Å². The summed E-state index contributed by atoms with van der Waals surface area (Å²) >= 11 is 0. The van der Waals surface area contributed by atoms with Crippen molar-refractivity contribution in [3.8, 4) is 11.1 Å². The monoisotopic (exact) mass is 363 g/mol. The van der Waals surface area contributed by atoms with Crippen molar-refractivity contribution in [3.63, 3.8) is 0 Å². The van der Waals surface area contributed by atoms with Crippen molar-refractivity contribution in [3.05, 3.63) is 102 Å². The summed E-state index contributed by atoms with van der Waals surface area (Å²) in [6, 6.07) is 28.1. The number of allylic oxidation sites excluding steroid dienone is 1. The number of nitrogens with one attached hydrogen (secondary N) is 1. The first-order chi connectivity index (χ1) is 13.9. The van der Waals surface area contributed by atoms with Gasteiger partial charge >= 0.3 is 0 Å². The topological polar surface area (TPSA) is 15.9 Å². The Morgan fingerprint density at radius 2 is 1.64 bits per heavy atom. The third-order valence-electron chi connectivity index (χ3n) is 5.58. The molecule has 2 nitrogen and oxygen atoms in total. The molecule has 0 saturated heterocycles. The molecule has 1 aliphatic rings. The standard InChI is InChI=1S/C26H23N2/c1-2-21(19-9-5-3-6-10-19)23-13-14-24-22(20-11-7-4-8-12-20)15-17-28-18-16-27-25(23)26(24)28/h2-15,17,27H,16,18H2,1H3/q+1/b21-2-. The van der Waals surface area contributed by atoms with Crippen molar-refractivity contribution in [1.82, 2.24) is 0 Å². The molecule has 0 amide bonds. The summed E-state index contributed by atoms with van der Waals surface area (Å²) in [6.07, 6.45) is 4.45. The first kappa shape index (κ1) is 16.8. The van der Waals surface area contributed by atoms with Crippen molar-refractivity contribution in [2.45, 2.75) is 13.5 Å². The van der Waals surface area contributed by atoms with Gasteiger partial charge in [-0.1, -0.05) is 72.8 Å². The number of hydrogen-bond donors (Lipinski definition) is 1. The summed E-state index contributed by atoms with van der Waals surface area (Å²) in [6.45, 7) is 4.05. The Kier molecular flexibility index (Phi) is 4.17. The van der Waals surface area contributed by atoms with Gasteiger partial charge in [-0.15, -0.1) is 0 Å². The van der Waals surface area contributed by atoms with Gasteiger partial charge in [0.1, 0.15) is 5.69 Å². The van der Waals surface area contributed by atoms with E-state index in [1.807, 2.05) is 0 Å². The molecule has 0 atom stereocenters. The van der Waals surface area contributed by atoms with Gasteiger partial charge in [0.05, 0.1) is 11.9 Å². The Bertz CT molecular complexity index is 1180. The molecule has 1 N–H and O–H groups in total. The molecule has 4 aromatic rings.